The molecule has 0 radical (unpaired) electrons. The third-order valence-electron chi connectivity index (χ3n) is 9.78. The molecule has 0 bridgehead atoms. The van der Waals surface area contributed by atoms with Crippen molar-refractivity contribution in [2.24, 2.45) is 0 Å². The van der Waals surface area contributed by atoms with Crippen LogP contribution in [0.4, 0.5) is 34.1 Å². The fourth-order valence-corrected chi connectivity index (χ4v) is 9.71. The lowest BCUT2D eigenvalue weighted by Gasteiger charge is -2.34. The van der Waals surface area contributed by atoms with Gasteiger partial charge in [-0.25, -0.2) is 0 Å². The van der Waals surface area contributed by atoms with Gasteiger partial charge in [0, 0.05) is 22.1 Å². The topological polar surface area (TPSA) is 6.48 Å². The molecule has 0 saturated carbocycles. The van der Waals surface area contributed by atoms with Crippen LogP contribution in [0.25, 0.3) is 21.5 Å². The highest BCUT2D eigenvalue weighted by atomic mass is 35.5. The predicted octanol–water partition coefficient (Wildman–Crippen LogP) is 12.4. The van der Waals surface area contributed by atoms with Crippen molar-refractivity contribution in [2.45, 2.75) is 13.1 Å². The SMILES string of the molecule is C[Si](C)(c1ccccc1)c1cc(N(c2ccccc2)c2cccc3ccccc23)c(Cl)c(N(c2ccccc2)c2cccc3ccccc23)c1. The van der Waals surface area contributed by atoms with E-state index in [4.69, 9.17) is 11.6 Å². The van der Waals surface area contributed by atoms with Crippen molar-refractivity contribution in [3.05, 3.63) is 193 Å². The van der Waals surface area contributed by atoms with E-state index in [1.807, 2.05) is 0 Å². The van der Waals surface area contributed by atoms with Crippen LogP contribution in [0.5, 0.6) is 0 Å². The monoisotopic (exact) mass is 680 g/mol. The predicted molar refractivity (Wildman–Crippen MR) is 219 cm³/mol. The summed E-state index contributed by atoms with van der Waals surface area (Å²) in [5.41, 5.74) is 6.14. The summed E-state index contributed by atoms with van der Waals surface area (Å²) in [6.07, 6.45) is 0. The summed E-state index contributed by atoms with van der Waals surface area (Å²) in [6, 6.07) is 67.1. The minimum atomic E-state index is -2.26. The van der Waals surface area contributed by atoms with Gasteiger partial charge in [0.15, 0.2) is 0 Å². The fraction of sp³-hybridized carbons (Fsp3) is 0.0435. The van der Waals surface area contributed by atoms with E-state index in [2.05, 4.69) is 211 Å². The van der Waals surface area contributed by atoms with Crippen LogP contribution in [-0.4, -0.2) is 8.07 Å². The van der Waals surface area contributed by atoms with Crippen LogP contribution in [0.15, 0.2) is 188 Å². The summed E-state index contributed by atoms with van der Waals surface area (Å²) in [5.74, 6) is 0. The van der Waals surface area contributed by atoms with E-state index in [0.29, 0.717) is 5.02 Å². The molecule has 0 fully saturated rings. The van der Waals surface area contributed by atoms with E-state index in [-0.39, 0.29) is 0 Å². The molecule has 0 spiro atoms. The molecule has 8 rings (SSSR count). The number of rotatable bonds is 8. The molecular formula is C46H37ClN2Si. The molecular weight excluding hydrogens is 644 g/mol. The lowest BCUT2D eigenvalue weighted by Crippen LogP contribution is -2.53. The second-order valence-corrected chi connectivity index (χ2v) is 17.9. The van der Waals surface area contributed by atoms with Gasteiger partial charge in [-0.2, -0.15) is 0 Å². The Bertz CT molecular complexity index is 2270. The number of para-hydroxylation sites is 2. The van der Waals surface area contributed by atoms with Crippen molar-refractivity contribution in [1.29, 1.82) is 0 Å². The van der Waals surface area contributed by atoms with Gasteiger partial charge in [-0.05, 0) is 59.3 Å². The minimum absolute atomic E-state index is 0.681. The lowest BCUT2D eigenvalue weighted by atomic mass is 10.0. The molecule has 0 saturated heterocycles. The second kappa shape index (κ2) is 13.4. The molecule has 242 valence electrons. The standard InChI is InChI=1S/C46H37ClN2Si/c1-50(2,38-26-10-5-11-27-38)39-32-44(48(36-22-6-3-7-23-36)42-30-16-20-34-18-12-14-28-40(34)42)46(47)45(33-39)49(37-24-8-4-9-25-37)43-31-17-21-35-19-13-15-29-41(35)43/h3-33H,1-2H3. The summed E-state index contributed by atoms with van der Waals surface area (Å²) in [6.45, 7) is 4.88. The molecule has 8 aromatic carbocycles. The maximum Gasteiger partial charge on any atom is 0.112 e. The van der Waals surface area contributed by atoms with E-state index in [0.717, 1.165) is 44.9 Å². The first-order chi connectivity index (χ1) is 24.5. The van der Waals surface area contributed by atoms with Crippen molar-refractivity contribution in [2.75, 3.05) is 9.80 Å². The zero-order valence-corrected chi connectivity index (χ0v) is 29.9. The van der Waals surface area contributed by atoms with Gasteiger partial charge in [0.2, 0.25) is 0 Å². The molecule has 0 heterocycles. The normalized spacial score (nSPS) is 11.5. The van der Waals surface area contributed by atoms with E-state index >= 15 is 0 Å². The minimum Gasteiger partial charge on any atom is -0.308 e. The average Bonchev–Trinajstić information content (AvgIpc) is 3.17. The highest BCUT2D eigenvalue weighted by Gasteiger charge is 2.31. The van der Waals surface area contributed by atoms with Gasteiger partial charge in [0.25, 0.3) is 0 Å². The Hall–Kier alpha value is -5.61. The molecule has 0 unspecified atom stereocenters. The first-order valence-electron chi connectivity index (χ1n) is 17.1. The molecule has 0 aliphatic heterocycles. The number of nitrogens with zero attached hydrogens (tertiary/aromatic N) is 2. The van der Waals surface area contributed by atoms with E-state index in [1.54, 1.807) is 0 Å². The van der Waals surface area contributed by atoms with Gasteiger partial charge in [0.1, 0.15) is 8.07 Å². The number of anilines is 6. The molecule has 2 nitrogen and oxygen atoms in total. The third kappa shape index (κ3) is 5.75. The smallest absolute Gasteiger partial charge is 0.112 e. The van der Waals surface area contributed by atoms with Crippen LogP contribution < -0.4 is 20.2 Å². The molecule has 0 aliphatic carbocycles. The second-order valence-electron chi connectivity index (χ2n) is 13.2. The first-order valence-corrected chi connectivity index (χ1v) is 20.4. The largest absolute Gasteiger partial charge is 0.308 e. The van der Waals surface area contributed by atoms with Crippen LogP contribution in [0.2, 0.25) is 18.1 Å². The van der Waals surface area contributed by atoms with Crippen LogP contribution in [0, 0.1) is 0 Å². The Kier molecular flexibility index (Phi) is 8.45. The summed E-state index contributed by atoms with van der Waals surface area (Å²) in [7, 11) is -2.26. The van der Waals surface area contributed by atoms with Gasteiger partial charge >= 0.3 is 0 Å². The number of hydrogen-bond acceptors (Lipinski definition) is 2. The maximum absolute atomic E-state index is 7.90. The van der Waals surface area contributed by atoms with Crippen molar-refractivity contribution >= 4 is 85.7 Å². The molecule has 0 N–H and O–H groups in total. The number of hydrogen-bond donors (Lipinski definition) is 0. The van der Waals surface area contributed by atoms with Crippen LogP contribution in [0.1, 0.15) is 0 Å². The van der Waals surface area contributed by atoms with E-state index in [1.165, 1.54) is 21.1 Å². The lowest BCUT2D eigenvalue weighted by molar-refractivity contribution is 1.26. The first kappa shape index (κ1) is 31.6. The Balaban J connectivity index is 1.48. The quantitative estimate of drug-likeness (QED) is 0.147. The molecule has 0 atom stereocenters. The van der Waals surface area contributed by atoms with Gasteiger partial charge < -0.3 is 9.80 Å². The van der Waals surface area contributed by atoms with Crippen molar-refractivity contribution < 1.29 is 0 Å². The zero-order valence-electron chi connectivity index (χ0n) is 28.2. The van der Waals surface area contributed by atoms with E-state index < -0.39 is 8.07 Å². The summed E-state index contributed by atoms with van der Waals surface area (Å²) in [5, 5.41) is 8.02. The van der Waals surface area contributed by atoms with Crippen LogP contribution >= 0.6 is 11.6 Å². The highest BCUT2D eigenvalue weighted by Crippen LogP contribution is 2.48. The van der Waals surface area contributed by atoms with Crippen molar-refractivity contribution in [1.82, 2.24) is 0 Å². The Morgan fingerprint density at radius 3 is 1.22 bits per heavy atom. The Morgan fingerprint density at radius 1 is 0.380 bits per heavy atom. The van der Waals surface area contributed by atoms with Gasteiger partial charge in [0.05, 0.1) is 27.8 Å². The zero-order chi connectivity index (χ0) is 34.1. The van der Waals surface area contributed by atoms with Crippen molar-refractivity contribution in [3.63, 3.8) is 0 Å². The average molecular weight is 681 g/mol. The molecule has 0 aliphatic rings. The number of halogens is 1. The van der Waals surface area contributed by atoms with Gasteiger partial charge in [-0.15, -0.1) is 0 Å². The molecule has 8 aromatic rings. The number of fused-ring (bicyclic) bond motifs is 2. The summed E-state index contributed by atoms with van der Waals surface area (Å²) >= 11 is 7.90. The molecule has 0 amide bonds. The molecule has 0 aromatic heterocycles. The summed E-state index contributed by atoms with van der Waals surface area (Å²) in [4.78, 5) is 4.69. The highest BCUT2D eigenvalue weighted by molar-refractivity contribution is 7.00. The van der Waals surface area contributed by atoms with Gasteiger partial charge in [-0.1, -0.05) is 175 Å². The maximum atomic E-state index is 7.90. The molecule has 4 heteroatoms. The van der Waals surface area contributed by atoms with Crippen molar-refractivity contribution in [3.8, 4) is 0 Å². The Labute approximate surface area is 300 Å². The molecule has 50 heavy (non-hydrogen) atoms. The summed E-state index contributed by atoms with van der Waals surface area (Å²) < 4.78 is 0. The Morgan fingerprint density at radius 2 is 0.760 bits per heavy atom. The number of benzene rings is 8. The van der Waals surface area contributed by atoms with Crippen LogP contribution in [-0.2, 0) is 0 Å². The van der Waals surface area contributed by atoms with Gasteiger partial charge in [-0.3, -0.25) is 0 Å². The van der Waals surface area contributed by atoms with Crippen LogP contribution in [0.3, 0.4) is 0 Å². The van der Waals surface area contributed by atoms with E-state index in [9.17, 15) is 0 Å². The third-order valence-corrected chi connectivity index (χ3v) is 13.7. The fourth-order valence-electron chi connectivity index (χ4n) is 7.08.